The molecule has 0 fully saturated rings. The van der Waals surface area contributed by atoms with Crippen LogP contribution < -0.4 is 9.80 Å². The average Bonchev–Trinajstić information content (AvgIpc) is 4.07. The van der Waals surface area contributed by atoms with Gasteiger partial charge in [-0.05, 0) is 132 Å². The zero-order valence-corrected chi connectivity index (χ0v) is 36.0. The van der Waals surface area contributed by atoms with Crippen LogP contribution in [0, 0.1) is 11.3 Å². The molecule has 4 aromatic heterocycles. The summed E-state index contributed by atoms with van der Waals surface area (Å²) in [7, 11) is 0. The molecule has 7 nitrogen and oxygen atoms in total. The Balaban J connectivity index is 0.000000163. The fraction of sp³-hybridized carbons (Fsp3) is 0.0185. The molecule has 0 radical (unpaired) electrons. The number of nitriles is 1. The summed E-state index contributed by atoms with van der Waals surface area (Å²) in [6.07, 6.45) is 11.1. The predicted octanol–water partition coefficient (Wildman–Crippen LogP) is 15.2. The van der Waals surface area contributed by atoms with Crippen molar-refractivity contribution >= 4 is 56.8 Å². The zero-order chi connectivity index (χ0) is 43.1. The first-order valence-electron chi connectivity index (χ1n) is 20.2. The number of hydrogen-bond donors (Lipinski definition) is 0. The Kier molecular flexibility index (Phi) is 13.9. The zero-order valence-electron chi connectivity index (χ0n) is 34.4. The minimum atomic E-state index is 1.01. The molecule has 304 valence electrons. The maximum Gasteiger partial charge on any atom is 0.123 e. The van der Waals surface area contributed by atoms with Crippen LogP contribution >= 0.6 is 22.7 Å². The normalized spacial score (nSPS) is 10.3. The van der Waals surface area contributed by atoms with Gasteiger partial charge in [-0.2, -0.15) is 5.26 Å². The van der Waals surface area contributed by atoms with Crippen molar-refractivity contribution in [2.45, 2.75) is 6.92 Å². The molecule has 0 saturated carbocycles. The van der Waals surface area contributed by atoms with E-state index in [1.54, 1.807) is 28.7 Å². The van der Waals surface area contributed by atoms with Gasteiger partial charge in [0.05, 0.1) is 15.8 Å². The van der Waals surface area contributed by atoms with Gasteiger partial charge in [0.1, 0.15) is 10.0 Å². The molecule has 0 bridgehead atoms. The van der Waals surface area contributed by atoms with Crippen LogP contribution in [0.5, 0.6) is 0 Å². The number of para-hydroxylation sites is 4. The van der Waals surface area contributed by atoms with Gasteiger partial charge < -0.3 is 9.80 Å². The molecule has 10 rings (SSSR count). The monoisotopic (exact) mass is 851 g/mol. The number of anilines is 6. The van der Waals surface area contributed by atoms with E-state index in [9.17, 15) is 0 Å². The molecular weight excluding hydrogens is 811 g/mol. The van der Waals surface area contributed by atoms with Crippen LogP contribution in [0.3, 0.4) is 0 Å². The van der Waals surface area contributed by atoms with Crippen molar-refractivity contribution in [2.75, 3.05) is 9.80 Å². The van der Waals surface area contributed by atoms with E-state index in [-0.39, 0.29) is 0 Å². The Morgan fingerprint density at radius 1 is 0.365 bits per heavy atom. The second kappa shape index (κ2) is 21.0. The highest BCUT2D eigenvalue weighted by atomic mass is 32.1. The van der Waals surface area contributed by atoms with Crippen LogP contribution in [0.2, 0.25) is 0 Å². The Labute approximate surface area is 376 Å². The standard InChI is InChI=1S/2C26H19N3S.C2H3N/c2*1-3-7-22(8-4-1)29(23-9-5-2-6-10-23)24-13-11-21(12-14-24)26-28-19-25(30-26)20-15-17-27-18-16-20;1-2-3/h2*1-19H;1H3. The number of thiazole rings is 2. The van der Waals surface area contributed by atoms with Gasteiger partial charge >= 0.3 is 0 Å². The minimum Gasteiger partial charge on any atom is -0.311 e. The third-order valence-electron chi connectivity index (χ3n) is 9.74. The van der Waals surface area contributed by atoms with E-state index in [1.807, 2.05) is 85.7 Å². The molecule has 0 unspecified atom stereocenters. The first kappa shape index (κ1) is 41.7. The van der Waals surface area contributed by atoms with Crippen LogP contribution in [0.1, 0.15) is 6.92 Å². The largest absolute Gasteiger partial charge is 0.311 e. The summed E-state index contributed by atoms with van der Waals surface area (Å²) in [6, 6.07) is 68.7. The van der Waals surface area contributed by atoms with E-state index in [1.165, 1.54) is 6.92 Å². The second-order valence-corrected chi connectivity index (χ2v) is 15.9. The van der Waals surface area contributed by atoms with E-state index < -0.39 is 0 Å². The second-order valence-electron chi connectivity index (χ2n) is 13.9. The van der Waals surface area contributed by atoms with E-state index in [2.05, 4.69) is 175 Å². The highest BCUT2D eigenvalue weighted by Crippen LogP contribution is 2.39. The Bertz CT molecular complexity index is 2660. The van der Waals surface area contributed by atoms with Gasteiger partial charge in [0.2, 0.25) is 0 Å². The summed E-state index contributed by atoms with van der Waals surface area (Å²) >= 11 is 3.39. The van der Waals surface area contributed by atoms with E-state index in [0.29, 0.717) is 0 Å². The Hall–Kier alpha value is -8.03. The van der Waals surface area contributed by atoms with Crippen molar-refractivity contribution in [3.05, 3.63) is 231 Å². The summed E-state index contributed by atoms with van der Waals surface area (Å²) < 4.78 is 0. The smallest absolute Gasteiger partial charge is 0.123 e. The van der Waals surface area contributed by atoms with Gasteiger partial charge in [0.25, 0.3) is 0 Å². The van der Waals surface area contributed by atoms with Crippen molar-refractivity contribution < 1.29 is 0 Å². The molecule has 4 heterocycles. The number of benzene rings is 6. The highest BCUT2D eigenvalue weighted by Gasteiger charge is 2.15. The number of nitrogens with zero attached hydrogens (tertiary/aromatic N) is 7. The summed E-state index contributed by atoms with van der Waals surface area (Å²) in [5.41, 5.74) is 11.3. The fourth-order valence-corrected chi connectivity index (χ4v) is 8.68. The molecule has 0 N–H and O–H groups in total. The lowest BCUT2D eigenvalue weighted by Crippen LogP contribution is -2.09. The Morgan fingerprint density at radius 3 is 0.921 bits per heavy atom. The first-order valence-corrected chi connectivity index (χ1v) is 21.9. The summed E-state index contributed by atoms with van der Waals surface area (Å²) in [6.45, 7) is 1.43. The van der Waals surface area contributed by atoms with Gasteiger partial charge in [-0.1, -0.05) is 72.8 Å². The molecule has 0 amide bonds. The van der Waals surface area contributed by atoms with Crippen LogP contribution in [0.25, 0.3) is 42.0 Å². The molecule has 9 heteroatoms. The summed E-state index contributed by atoms with van der Waals surface area (Å²) in [5, 5.41) is 9.35. The molecule has 0 saturated heterocycles. The van der Waals surface area contributed by atoms with Crippen LogP contribution in [0.4, 0.5) is 34.1 Å². The molecule has 0 atom stereocenters. The van der Waals surface area contributed by atoms with Crippen LogP contribution in [0.15, 0.2) is 231 Å². The number of hydrogen-bond acceptors (Lipinski definition) is 9. The van der Waals surface area contributed by atoms with Gasteiger partial charge in [0, 0.05) is 89.4 Å². The van der Waals surface area contributed by atoms with Gasteiger partial charge in [-0.15, -0.1) is 22.7 Å². The number of aromatic nitrogens is 4. The van der Waals surface area contributed by atoms with Gasteiger partial charge in [-0.3, -0.25) is 9.97 Å². The molecule has 0 aliphatic heterocycles. The third-order valence-corrected chi connectivity index (χ3v) is 11.9. The lowest BCUT2D eigenvalue weighted by molar-refractivity contribution is 1.28. The first-order chi connectivity index (χ1) is 31.2. The molecular formula is C54H41N7S2. The molecule has 0 aliphatic rings. The molecule has 63 heavy (non-hydrogen) atoms. The lowest BCUT2D eigenvalue weighted by atomic mass is 10.1. The van der Waals surface area contributed by atoms with E-state index >= 15 is 0 Å². The summed E-state index contributed by atoms with van der Waals surface area (Å²) in [5.74, 6) is 0. The minimum absolute atomic E-state index is 1.01. The van der Waals surface area contributed by atoms with Crippen molar-refractivity contribution in [3.63, 3.8) is 0 Å². The van der Waals surface area contributed by atoms with Gasteiger partial charge in [-0.25, -0.2) is 9.97 Å². The molecule has 0 spiro atoms. The fourth-order valence-electron chi connectivity index (χ4n) is 6.82. The lowest BCUT2D eigenvalue weighted by Gasteiger charge is -2.25. The number of pyridine rings is 2. The SMILES string of the molecule is CC#N.c1ccc(N(c2ccccc2)c2ccc(-c3ncc(-c4ccncc4)s3)cc2)cc1.c1ccc(N(c2ccccc2)c2ccc(-c3ncc(-c4ccncc4)s3)cc2)cc1. The quantitative estimate of drug-likeness (QED) is 0.135. The highest BCUT2D eigenvalue weighted by molar-refractivity contribution is 7.18. The molecule has 10 aromatic rings. The van der Waals surface area contributed by atoms with E-state index in [4.69, 9.17) is 5.26 Å². The average molecular weight is 852 g/mol. The maximum absolute atomic E-state index is 7.32. The van der Waals surface area contributed by atoms with E-state index in [0.717, 1.165) is 76.1 Å². The van der Waals surface area contributed by atoms with Crippen molar-refractivity contribution in [1.29, 1.82) is 5.26 Å². The van der Waals surface area contributed by atoms with Crippen LogP contribution in [-0.2, 0) is 0 Å². The maximum atomic E-state index is 7.32. The number of rotatable bonds is 10. The summed E-state index contributed by atoms with van der Waals surface area (Å²) in [4.78, 5) is 24.3. The van der Waals surface area contributed by atoms with Gasteiger partial charge in [0.15, 0.2) is 0 Å². The molecule has 6 aromatic carbocycles. The van der Waals surface area contributed by atoms with Crippen LogP contribution in [-0.4, -0.2) is 19.9 Å². The van der Waals surface area contributed by atoms with Crippen molar-refractivity contribution in [3.8, 4) is 48.1 Å². The topological polar surface area (TPSA) is 81.8 Å². The predicted molar refractivity (Wildman–Crippen MR) is 262 cm³/mol. The Morgan fingerprint density at radius 2 is 0.635 bits per heavy atom. The molecule has 0 aliphatic carbocycles. The van der Waals surface area contributed by atoms with Crippen molar-refractivity contribution in [2.24, 2.45) is 0 Å². The third kappa shape index (κ3) is 10.5. The van der Waals surface area contributed by atoms with Crippen molar-refractivity contribution in [1.82, 2.24) is 19.9 Å².